The lowest BCUT2D eigenvalue weighted by molar-refractivity contribution is 0.294. The molecule has 1 saturated heterocycles. The Morgan fingerprint density at radius 1 is 1.44 bits per heavy atom. The fraction of sp³-hybridized carbons (Fsp3) is 0.429. The summed E-state index contributed by atoms with van der Waals surface area (Å²) in [6.07, 6.45) is 5.49. The molecule has 2 heteroatoms. The predicted octanol–water partition coefficient (Wildman–Crippen LogP) is 2.73. The zero-order valence-corrected chi connectivity index (χ0v) is 11.0. The summed E-state index contributed by atoms with van der Waals surface area (Å²) in [7, 11) is -0.713. The molecule has 1 aliphatic rings. The number of allylic oxidation sites excluding steroid dienone is 1. The van der Waals surface area contributed by atoms with Crippen LogP contribution in [0.4, 0.5) is 0 Å². The molecule has 0 atom stereocenters. The highest BCUT2D eigenvalue weighted by molar-refractivity contribution is 6.68. The van der Waals surface area contributed by atoms with E-state index in [1.54, 1.807) is 0 Å². The summed E-state index contributed by atoms with van der Waals surface area (Å²) < 4.78 is 5.93. The quantitative estimate of drug-likeness (QED) is 0.574. The molecule has 2 rings (SSSR count). The van der Waals surface area contributed by atoms with E-state index >= 15 is 0 Å². The van der Waals surface area contributed by atoms with Crippen molar-refractivity contribution < 1.29 is 4.43 Å². The van der Waals surface area contributed by atoms with E-state index < -0.39 is 9.04 Å². The van der Waals surface area contributed by atoms with Crippen LogP contribution in [0.3, 0.4) is 0 Å². The molecular weight excluding hydrogens is 212 g/mol. The van der Waals surface area contributed by atoms with Crippen LogP contribution in [0, 0.1) is 6.92 Å². The highest BCUT2D eigenvalue weighted by Crippen LogP contribution is 2.13. The van der Waals surface area contributed by atoms with E-state index in [2.05, 4.69) is 31.7 Å². The molecule has 0 spiro atoms. The molecule has 1 aliphatic heterocycles. The number of benzene rings is 1. The van der Waals surface area contributed by atoms with Crippen molar-refractivity contribution in [3.63, 3.8) is 0 Å². The first-order valence-electron chi connectivity index (χ1n) is 6.00. The van der Waals surface area contributed by atoms with Crippen molar-refractivity contribution in [1.29, 1.82) is 0 Å². The van der Waals surface area contributed by atoms with Gasteiger partial charge in [0.2, 0.25) is 9.04 Å². The van der Waals surface area contributed by atoms with Gasteiger partial charge in [0, 0.05) is 6.61 Å². The van der Waals surface area contributed by atoms with Gasteiger partial charge in [0.25, 0.3) is 0 Å². The lowest BCUT2D eigenvalue weighted by Crippen LogP contribution is -2.38. The van der Waals surface area contributed by atoms with Gasteiger partial charge in [-0.1, -0.05) is 30.7 Å². The average Bonchev–Trinajstić information content (AvgIpc) is 2.31. The van der Waals surface area contributed by atoms with Crippen LogP contribution in [0.1, 0.15) is 24.0 Å². The van der Waals surface area contributed by atoms with Crippen molar-refractivity contribution in [3.8, 4) is 0 Å². The SMILES string of the molecule is C=CCc1ccc([Si]2CCCCO2)c(C)c1. The van der Waals surface area contributed by atoms with Gasteiger partial charge in [-0.15, -0.1) is 6.58 Å². The Balaban J connectivity index is 2.17. The van der Waals surface area contributed by atoms with Crippen molar-refractivity contribution in [2.45, 2.75) is 32.2 Å². The Bertz CT molecular complexity index is 367. The maximum Gasteiger partial charge on any atom is 0.246 e. The topological polar surface area (TPSA) is 9.23 Å². The largest absolute Gasteiger partial charge is 0.412 e. The number of hydrogen-bond acceptors (Lipinski definition) is 1. The summed E-state index contributed by atoms with van der Waals surface area (Å²) in [5.74, 6) is 0. The maximum atomic E-state index is 5.93. The van der Waals surface area contributed by atoms with Gasteiger partial charge in [0.15, 0.2) is 0 Å². The highest BCUT2D eigenvalue weighted by Gasteiger charge is 2.21. The van der Waals surface area contributed by atoms with Crippen LogP contribution in [-0.4, -0.2) is 15.6 Å². The first-order chi connectivity index (χ1) is 7.81. The summed E-state index contributed by atoms with van der Waals surface area (Å²) >= 11 is 0. The summed E-state index contributed by atoms with van der Waals surface area (Å²) in [5, 5.41) is 1.47. The normalized spacial score (nSPS) is 17.3. The first kappa shape index (κ1) is 11.6. The lowest BCUT2D eigenvalue weighted by atomic mass is 10.1. The third kappa shape index (κ3) is 2.63. The van der Waals surface area contributed by atoms with Gasteiger partial charge >= 0.3 is 0 Å². The van der Waals surface area contributed by atoms with E-state index in [1.165, 1.54) is 35.2 Å². The molecule has 0 unspecified atom stereocenters. The Labute approximate surface area is 99.9 Å². The van der Waals surface area contributed by atoms with Crippen LogP contribution in [-0.2, 0) is 10.8 Å². The van der Waals surface area contributed by atoms with E-state index in [9.17, 15) is 0 Å². The van der Waals surface area contributed by atoms with E-state index in [1.807, 2.05) is 6.08 Å². The van der Waals surface area contributed by atoms with E-state index in [-0.39, 0.29) is 0 Å². The average molecular weight is 231 g/mol. The Hall–Kier alpha value is -0.863. The van der Waals surface area contributed by atoms with Crippen molar-refractivity contribution in [2.75, 3.05) is 6.61 Å². The van der Waals surface area contributed by atoms with Gasteiger partial charge in [-0.25, -0.2) is 0 Å². The number of aryl methyl sites for hydroxylation is 1. The minimum Gasteiger partial charge on any atom is -0.412 e. The van der Waals surface area contributed by atoms with Crippen LogP contribution < -0.4 is 5.19 Å². The van der Waals surface area contributed by atoms with Crippen molar-refractivity contribution in [1.82, 2.24) is 0 Å². The van der Waals surface area contributed by atoms with Crippen LogP contribution in [0.5, 0.6) is 0 Å². The van der Waals surface area contributed by atoms with Gasteiger partial charge in [-0.2, -0.15) is 0 Å². The monoisotopic (exact) mass is 231 g/mol. The zero-order chi connectivity index (χ0) is 11.4. The maximum absolute atomic E-state index is 5.93. The standard InChI is InChI=1S/C14H19OSi/c1-3-6-13-7-8-14(12(2)11-13)16-10-5-4-9-15-16/h3,7-8,11H,1,4-6,9-10H2,2H3. The Kier molecular flexibility index (Phi) is 3.96. The van der Waals surface area contributed by atoms with Crippen molar-refractivity contribution in [2.24, 2.45) is 0 Å². The Morgan fingerprint density at radius 2 is 2.31 bits per heavy atom. The van der Waals surface area contributed by atoms with E-state index in [0.29, 0.717) is 0 Å². The van der Waals surface area contributed by atoms with Gasteiger partial charge < -0.3 is 4.43 Å². The van der Waals surface area contributed by atoms with Gasteiger partial charge in [0.05, 0.1) is 0 Å². The minimum absolute atomic E-state index is 0.713. The van der Waals surface area contributed by atoms with Crippen molar-refractivity contribution >= 4 is 14.2 Å². The molecule has 0 N–H and O–H groups in total. The Morgan fingerprint density at radius 3 is 2.94 bits per heavy atom. The summed E-state index contributed by atoms with van der Waals surface area (Å²) in [5.41, 5.74) is 2.75. The molecule has 85 valence electrons. The third-order valence-electron chi connectivity index (χ3n) is 3.05. The zero-order valence-electron chi connectivity index (χ0n) is 9.96. The molecule has 1 radical (unpaired) electrons. The van der Waals surface area contributed by atoms with E-state index in [4.69, 9.17) is 4.43 Å². The molecule has 0 aromatic heterocycles. The molecule has 1 nitrogen and oxygen atoms in total. The van der Waals surface area contributed by atoms with Crippen LogP contribution in [0.2, 0.25) is 6.04 Å². The van der Waals surface area contributed by atoms with Crippen molar-refractivity contribution in [3.05, 3.63) is 42.0 Å². The molecule has 1 heterocycles. The van der Waals surface area contributed by atoms with E-state index in [0.717, 1.165) is 13.0 Å². The van der Waals surface area contributed by atoms with Gasteiger partial charge in [0.1, 0.15) is 0 Å². The minimum atomic E-state index is -0.713. The third-order valence-corrected chi connectivity index (χ3v) is 5.57. The molecule has 1 aromatic rings. The molecule has 1 aromatic carbocycles. The number of hydrogen-bond donors (Lipinski definition) is 0. The van der Waals surface area contributed by atoms with Gasteiger partial charge in [-0.05, 0) is 42.1 Å². The molecule has 16 heavy (non-hydrogen) atoms. The lowest BCUT2D eigenvalue weighted by Gasteiger charge is -2.22. The molecule has 0 amide bonds. The molecule has 0 saturated carbocycles. The first-order valence-corrected chi connectivity index (χ1v) is 7.62. The molecular formula is C14H19OSi. The molecule has 1 fully saturated rings. The smallest absolute Gasteiger partial charge is 0.246 e. The second-order valence-corrected chi connectivity index (χ2v) is 6.54. The fourth-order valence-corrected chi connectivity index (χ4v) is 4.51. The van der Waals surface area contributed by atoms with Gasteiger partial charge in [-0.3, -0.25) is 0 Å². The predicted molar refractivity (Wildman–Crippen MR) is 70.5 cm³/mol. The summed E-state index contributed by atoms with van der Waals surface area (Å²) in [6, 6.07) is 8.05. The fourth-order valence-electron chi connectivity index (χ4n) is 2.20. The summed E-state index contributed by atoms with van der Waals surface area (Å²) in [4.78, 5) is 0. The second kappa shape index (κ2) is 5.46. The number of rotatable bonds is 3. The summed E-state index contributed by atoms with van der Waals surface area (Å²) in [6.45, 7) is 6.95. The van der Waals surface area contributed by atoms with Crippen LogP contribution >= 0.6 is 0 Å². The van der Waals surface area contributed by atoms with Crippen LogP contribution in [0.25, 0.3) is 0 Å². The van der Waals surface area contributed by atoms with Crippen LogP contribution in [0.15, 0.2) is 30.9 Å². The molecule has 0 bridgehead atoms. The molecule has 0 aliphatic carbocycles. The second-order valence-electron chi connectivity index (χ2n) is 4.37. The highest BCUT2D eigenvalue weighted by atomic mass is 28.3.